The van der Waals surface area contributed by atoms with Gasteiger partial charge in [-0.05, 0) is 37.4 Å². The van der Waals surface area contributed by atoms with Crippen LogP contribution >= 0.6 is 15.9 Å². The molecule has 4 nitrogen and oxygen atoms in total. The molecule has 1 N–H and O–H groups in total. The van der Waals surface area contributed by atoms with Crippen molar-refractivity contribution in [1.82, 2.24) is 15.5 Å². The molecule has 2 aromatic rings. The van der Waals surface area contributed by atoms with Crippen LogP contribution in [0.1, 0.15) is 38.1 Å². The molecule has 5 heteroatoms. The van der Waals surface area contributed by atoms with Crippen molar-refractivity contribution in [3.05, 3.63) is 34.6 Å². The Labute approximate surface area is 127 Å². The molecule has 106 valence electrons. The lowest BCUT2D eigenvalue weighted by molar-refractivity contribution is 0.246. The van der Waals surface area contributed by atoms with Gasteiger partial charge >= 0.3 is 0 Å². The van der Waals surface area contributed by atoms with Crippen molar-refractivity contribution in [2.45, 2.75) is 32.2 Å². The van der Waals surface area contributed by atoms with Crippen LogP contribution in [0.4, 0.5) is 0 Å². The van der Waals surface area contributed by atoms with Crippen molar-refractivity contribution >= 4 is 15.9 Å². The lowest BCUT2D eigenvalue weighted by Crippen LogP contribution is -2.31. The topological polar surface area (TPSA) is 51.0 Å². The largest absolute Gasteiger partial charge is 0.337 e. The molecule has 20 heavy (non-hydrogen) atoms. The third-order valence-electron chi connectivity index (χ3n) is 3.91. The van der Waals surface area contributed by atoms with Crippen LogP contribution in [-0.2, 0) is 0 Å². The Hall–Kier alpha value is -1.20. The van der Waals surface area contributed by atoms with Crippen LogP contribution in [0.25, 0.3) is 11.4 Å². The average molecular weight is 336 g/mol. The van der Waals surface area contributed by atoms with Gasteiger partial charge in [0.1, 0.15) is 0 Å². The molecule has 0 radical (unpaired) electrons. The zero-order chi connectivity index (χ0) is 13.9. The van der Waals surface area contributed by atoms with Gasteiger partial charge in [-0.3, -0.25) is 0 Å². The molecule has 0 aliphatic carbocycles. The molecule has 0 spiro atoms. The first kappa shape index (κ1) is 13.8. The molecule has 1 saturated heterocycles. The lowest BCUT2D eigenvalue weighted by Gasteiger charge is -2.27. The van der Waals surface area contributed by atoms with Gasteiger partial charge in [0.15, 0.2) is 0 Å². The second kappa shape index (κ2) is 6.06. The molecule has 2 unspecified atom stereocenters. The van der Waals surface area contributed by atoms with Crippen LogP contribution in [-0.4, -0.2) is 16.7 Å². The van der Waals surface area contributed by atoms with E-state index in [1.54, 1.807) is 0 Å². The molecule has 1 aliphatic rings. The van der Waals surface area contributed by atoms with Crippen LogP contribution in [0.2, 0.25) is 0 Å². The molecule has 1 fully saturated rings. The monoisotopic (exact) mass is 335 g/mol. The summed E-state index contributed by atoms with van der Waals surface area (Å²) in [6.07, 6.45) is 3.53. The predicted octanol–water partition coefficient (Wildman–Crippen LogP) is 3.95. The van der Waals surface area contributed by atoms with Gasteiger partial charge in [0.2, 0.25) is 11.7 Å². The van der Waals surface area contributed by atoms with E-state index in [1.165, 1.54) is 12.8 Å². The fourth-order valence-electron chi connectivity index (χ4n) is 2.68. The number of aromatic nitrogens is 2. The second-order valence-electron chi connectivity index (χ2n) is 5.27. The van der Waals surface area contributed by atoms with E-state index < -0.39 is 0 Å². The third kappa shape index (κ3) is 2.94. The average Bonchev–Trinajstić information content (AvgIpc) is 2.97. The maximum absolute atomic E-state index is 5.45. The van der Waals surface area contributed by atoms with Crippen LogP contribution < -0.4 is 5.32 Å². The minimum Gasteiger partial charge on any atom is -0.337 e. The Kier molecular flexibility index (Phi) is 4.17. The highest BCUT2D eigenvalue weighted by molar-refractivity contribution is 9.10. The van der Waals surface area contributed by atoms with Crippen molar-refractivity contribution in [3.63, 3.8) is 0 Å². The first-order valence-electron chi connectivity index (χ1n) is 7.09. The van der Waals surface area contributed by atoms with Gasteiger partial charge in [-0.2, -0.15) is 4.98 Å². The van der Waals surface area contributed by atoms with Gasteiger partial charge in [0.05, 0.1) is 6.04 Å². The van der Waals surface area contributed by atoms with E-state index in [2.05, 4.69) is 38.3 Å². The highest BCUT2D eigenvalue weighted by atomic mass is 79.9. The molecule has 1 aromatic heterocycles. The van der Waals surface area contributed by atoms with Crippen molar-refractivity contribution in [3.8, 4) is 11.4 Å². The minimum atomic E-state index is 0.196. The molecule has 1 aliphatic heterocycles. The van der Waals surface area contributed by atoms with E-state index in [9.17, 15) is 0 Å². The maximum atomic E-state index is 5.45. The SMILES string of the molecule is CCC1CCNC(c2nc(-c3cccc(Br)c3)no2)C1. The summed E-state index contributed by atoms with van der Waals surface area (Å²) in [7, 11) is 0. The second-order valence-corrected chi connectivity index (χ2v) is 6.19. The number of nitrogens with zero attached hydrogens (tertiary/aromatic N) is 2. The maximum Gasteiger partial charge on any atom is 0.244 e. The summed E-state index contributed by atoms with van der Waals surface area (Å²) in [6, 6.07) is 8.14. The van der Waals surface area contributed by atoms with Gasteiger partial charge in [-0.15, -0.1) is 0 Å². The number of piperidine rings is 1. The highest BCUT2D eigenvalue weighted by Crippen LogP contribution is 2.29. The van der Waals surface area contributed by atoms with E-state index in [4.69, 9.17) is 4.52 Å². The smallest absolute Gasteiger partial charge is 0.244 e. The third-order valence-corrected chi connectivity index (χ3v) is 4.41. The molecular weight excluding hydrogens is 318 g/mol. The lowest BCUT2D eigenvalue weighted by atomic mass is 9.90. The molecular formula is C15H18BrN3O. The number of benzene rings is 1. The number of hydrogen-bond donors (Lipinski definition) is 1. The zero-order valence-electron chi connectivity index (χ0n) is 11.5. The number of nitrogens with one attached hydrogen (secondary N) is 1. The van der Waals surface area contributed by atoms with Crippen LogP contribution in [0, 0.1) is 5.92 Å². The Morgan fingerprint density at radius 2 is 2.35 bits per heavy atom. The number of halogens is 1. The summed E-state index contributed by atoms with van der Waals surface area (Å²) in [5, 5.41) is 7.58. The van der Waals surface area contributed by atoms with Gasteiger partial charge < -0.3 is 9.84 Å². The van der Waals surface area contributed by atoms with Crippen LogP contribution in [0.3, 0.4) is 0 Å². The molecule has 0 saturated carbocycles. The minimum absolute atomic E-state index is 0.196. The molecule has 0 bridgehead atoms. The Balaban J connectivity index is 1.80. The summed E-state index contributed by atoms with van der Waals surface area (Å²) in [6.45, 7) is 3.27. The van der Waals surface area contributed by atoms with E-state index in [0.717, 1.165) is 28.9 Å². The van der Waals surface area contributed by atoms with E-state index >= 15 is 0 Å². The van der Waals surface area contributed by atoms with Crippen molar-refractivity contribution in [1.29, 1.82) is 0 Å². The van der Waals surface area contributed by atoms with Crippen molar-refractivity contribution in [2.24, 2.45) is 5.92 Å². The van der Waals surface area contributed by atoms with Crippen molar-refractivity contribution in [2.75, 3.05) is 6.54 Å². The predicted molar refractivity (Wildman–Crippen MR) is 81.2 cm³/mol. The van der Waals surface area contributed by atoms with Gasteiger partial charge in [-0.25, -0.2) is 0 Å². The summed E-state index contributed by atoms with van der Waals surface area (Å²) >= 11 is 3.46. The van der Waals surface area contributed by atoms with Gasteiger partial charge in [0.25, 0.3) is 0 Å². The molecule has 2 atom stereocenters. The quantitative estimate of drug-likeness (QED) is 0.922. The summed E-state index contributed by atoms with van der Waals surface area (Å²) in [5.74, 6) is 2.11. The number of rotatable bonds is 3. The highest BCUT2D eigenvalue weighted by Gasteiger charge is 2.26. The fourth-order valence-corrected chi connectivity index (χ4v) is 3.08. The Morgan fingerprint density at radius 1 is 1.45 bits per heavy atom. The first-order chi connectivity index (χ1) is 9.76. The van der Waals surface area contributed by atoms with E-state index in [1.807, 2.05) is 24.3 Å². The van der Waals surface area contributed by atoms with E-state index in [-0.39, 0.29) is 6.04 Å². The normalized spacial score (nSPS) is 22.9. The molecule has 1 aromatic carbocycles. The Morgan fingerprint density at radius 3 is 3.15 bits per heavy atom. The fraction of sp³-hybridized carbons (Fsp3) is 0.467. The molecule has 0 amide bonds. The zero-order valence-corrected chi connectivity index (χ0v) is 13.1. The van der Waals surface area contributed by atoms with Gasteiger partial charge in [-0.1, -0.05) is 46.6 Å². The number of hydrogen-bond acceptors (Lipinski definition) is 4. The summed E-state index contributed by atoms with van der Waals surface area (Å²) in [5.41, 5.74) is 0.970. The van der Waals surface area contributed by atoms with Gasteiger partial charge in [0, 0.05) is 10.0 Å². The molecule has 2 heterocycles. The standard InChI is InChI=1S/C15H18BrN3O/c1-2-10-6-7-17-13(8-10)15-18-14(19-20-15)11-4-3-5-12(16)9-11/h3-5,9-10,13,17H,2,6-8H2,1H3. The van der Waals surface area contributed by atoms with Crippen LogP contribution in [0.5, 0.6) is 0 Å². The van der Waals surface area contributed by atoms with E-state index in [0.29, 0.717) is 11.7 Å². The first-order valence-corrected chi connectivity index (χ1v) is 7.88. The van der Waals surface area contributed by atoms with Crippen molar-refractivity contribution < 1.29 is 4.52 Å². The molecule has 3 rings (SSSR count). The summed E-state index contributed by atoms with van der Waals surface area (Å²) < 4.78 is 6.47. The summed E-state index contributed by atoms with van der Waals surface area (Å²) in [4.78, 5) is 4.55. The van der Waals surface area contributed by atoms with Crippen LogP contribution in [0.15, 0.2) is 33.3 Å². The Bertz CT molecular complexity index is 584.